The second kappa shape index (κ2) is 7.75. The maximum atomic E-state index is 12.1. The average molecular weight is 413 g/mol. The van der Waals surface area contributed by atoms with Crippen molar-refractivity contribution >= 4 is 28.8 Å². The highest BCUT2D eigenvalue weighted by Gasteiger charge is 2.10. The summed E-state index contributed by atoms with van der Waals surface area (Å²) in [5.74, 6) is -0.204. The van der Waals surface area contributed by atoms with Gasteiger partial charge in [0.25, 0.3) is 11.5 Å². The van der Waals surface area contributed by atoms with Crippen molar-refractivity contribution in [3.05, 3.63) is 80.0 Å². The number of amides is 1. The van der Waals surface area contributed by atoms with Gasteiger partial charge in [0.2, 0.25) is 0 Å². The van der Waals surface area contributed by atoms with Crippen molar-refractivity contribution in [3.8, 4) is 16.9 Å². The van der Waals surface area contributed by atoms with Gasteiger partial charge in [-0.15, -0.1) is 16.4 Å². The number of aromatic nitrogens is 5. The van der Waals surface area contributed by atoms with E-state index in [0.29, 0.717) is 20.6 Å². The second-order valence-electron chi connectivity index (χ2n) is 5.79. The van der Waals surface area contributed by atoms with E-state index in [2.05, 4.69) is 25.8 Å². The second-order valence-corrected chi connectivity index (χ2v) is 7.51. The van der Waals surface area contributed by atoms with E-state index in [1.54, 1.807) is 29.1 Å². The molecule has 2 N–H and O–H groups in total. The molecule has 0 atom stereocenters. The van der Waals surface area contributed by atoms with E-state index in [0.717, 1.165) is 11.3 Å². The highest BCUT2D eigenvalue weighted by atomic mass is 35.5. The van der Waals surface area contributed by atoms with Crippen LogP contribution in [0.4, 0.5) is 0 Å². The van der Waals surface area contributed by atoms with Crippen LogP contribution in [0.3, 0.4) is 0 Å². The van der Waals surface area contributed by atoms with Crippen molar-refractivity contribution in [1.29, 1.82) is 0 Å². The van der Waals surface area contributed by atoms with Crippen LogP contribution < -0.4 is 10.9 Å². The van der Waals surface area contributed by atoms with Gasteiger partial charge >= 0.3 is 0 Å². The van der Waals surface area contributed by atoms with Gasteiger partial charge in [0, 0.05) is 11.6 Å². The highest BCUT2D eigenvalue weighted by molar-refractivity contribution is 7.17. The average Bonchev–Trinajstić information content (AvgIpc) is 3.36. The van der Waals surface area contributed by atoms with E-state index in [1.807, 2.05) is 24.3 Å². The summed E-state index contributed by atoms with van der Waals surface area (Å²) in [6.45, 7) is 0.258. The van der Waals surface area contributed by atoms with Gasteiger partial charge in [-0.1, -0.05) is 28.9 Å². The summed E-state index contributed by atoms with van der Waals surface area (Å²) in [7, 11) is 0. The molecule has 0 aliphatic carbocycles. The van der Waals surface area contributed by atoms with Gasteiger partial charge in [-0.3, -0.25) is 9.59 Å². The molecule has 1 amide bonds. The number of thiophene rings is 1. The molecule has 28 heavy (non-hydrogen) atoms. The van der Waals surface area contributed by atoms with E-state index < -0.39 is 0 Å². The topological polar surface area (TPSA) is 106 Å². The molecular weight excluding hydrogens is 400 g/mol. The number of nitrogens with zero attached hydrogens (tertiary/aromatic N) is 4. The maximum Gasteiger partial charge on any atom is 0.264 e. The van der Waals surface area contributed by atoms with Gasteiger partial charge < -0.3 is 5.32 Å². The SMILES string of the molecule is O=C(NCc1cn(-c2ccc(-c3ccc(=O)[nH]n3)cc2)nn1)c1ccc(Cl)s1. The molecule has 4 aromatic rings. The minimum atomic E-state index is -0.246. The Morgan fingerprint density at radius 3 is 2.64 bits per heavy atom. The Kier molecular flexibility index (Phi) is 5.00. The fourth-order valence-corrected chi connectivity index (χ4v) is 3.45. The number of hydrogen-bond acceptors (Lipinski definition) is 6. The molecule has 0 radical (unpaired) electrons. The Morgan fingerprint density at radius 2 is 1.96 bits per heavy atom. The van der Waals surface area contributed by atoms with Crippen LogP contribution in [-0.2, 0) is 6.54 Å². The number of nitrogens with one attached hydrogen (secondary N) is 2. The third-order valence-corrected chi connectivity index (χ3v) is 5.10. The van der Waals surface area contributed by atoms with E-state index in [4.69, 9.17) is 11.6 Å². The van der Waals surface area contributed by atoms with Crippen LogP contribution in [-0.4, -0.2) is 31.1 Å². The van der Waals surface area contributed by atoms with E-state index in [1.165, 1.54) is 17.4 Å². The van der Waals surface area contributed by atoms with Gasteiger partial charge in [-0.25, -0.2) is 9.78 Å². The summed E-state index contributed by atoms with van der Waals surface area (Å²) >= 11 is 7.06. The summed E-state index contributed by atoms with van der Waals surface area (Å²) < 4.78 is 2.18. The summed E-state index contributed by atoms with van der Waals surface area (Å²) in [6.07, 6.45) is 1.74. The predicted octanol–water partition coefficient (Wildman–Crippen LogP) is 2.66. The Hall–Kier alpha value is -3.30. The van der Waals surface area contributed by atoms with E-state index in [-0.39, 0.29) is 18.0 Å². The molecule has 0 fully saturated rings. The first-order valence-electron chi connectivity index (χ1n) is 8.20. The molecule has 0 aliphatic heterocycles. The first kappa shape index (κ1) is 18.1. The first-order valence-corrected chi connectivity index (χ1v) is 9.39. The Balaban J connectivity index is 1.43. The lowest BCUT2D eigenvalue weighted by Crippen LogP contribution is -2.21. The number of H-pyrrole nitrogens is 1. The van der Waals surface area contributed by atoms with Gasteiger partial charge in [0.1, 0.15) is 5.69 Å². The van der Waals surface area contributed by atoms with Crippen molar-refractivity contribution in [1.82, 2.24) is 30.5 Å². The molecular formula is C18H13ClN6O2S. The lowest BCUT2D eigenvalue weighted by Gasteiger charge is -2.03. The molecule has 0 saturated carbocycles. The largest absolute Gasteiger partial charge is 0.346 e. The maximum absolute atomic E-state index is 12.1. The number of benzene rings is 1. The van der Waals surface area contributed by atoms with Crippen molar-refractivity contribution in [2.24, 2.45) is 0 Å². The highest BCUT2D eigenvalue weighted by Crippen LogP contribution is 2.21. The Bertz CT molecular complexity index is 1160. The molecule has 4 rings (SSSR count). The molecule has 0 unspecified atom stereocenters. The molecule has 0 spiro atoms. The minimum absolute atomic E-state index is 0.204. The van der Waals surface area contributed by atoms with Crippen LogP contribution in [0, 0.1) is 0 Å². The van der Waals surface area contributed by atoms with Crippen LogP contribution in [0.15, 0.2) is 59.5 Å². The molecule has 0 aliphatic rings. The van der Waals surface area contributed by atoms with Gasteiger partial charge in [-0.2, -0.15) is 5.10 Å². The monoisotopic (exact) mass is 412 g/mol. The van der Waals surface area contributed by atoms with Crippen LogP contribution in [0.2, 0.25) is 4.34 Å². The summed E-state index contributed by atoms with van der Waals surface area (Å²) in [4.78, 5) is 23.7. The molecule has 3 heterocycles. The molecule has 3 aromatic heterocycles. The minimum Gasteiger partial charge on any atom is -0.346 e. The molecule has 0 bridgehead atoms. The number of rotatable bonds is 5. The standard InChI is InChI=1S/C18H13ClN6O2S/c19-16-7-6-15(28-16)18(27)20-9-12-10-25(24-21-12)13-3-1-11(2-4-13)14-5-8-17(26)23-22-14/h1-8,10H,9H2,(H,20,27)(H,23,26). The van der Waals surface area contributed by atoms with Crippen LogP contribution in [0.1, 0.15) is 15.4 Å². The first-order chi connectivity index (χ1) is 13.6. The van der Waals surface area contributed by atoms with Crippen LogP contribution in [0.25, 0.3) is 16.9 Å². The lowest BCUT2D eigenvalue weighted by molar-refractivity contribution is 0.0954. The van der Waals surface area contributed by atoms with E-state index in [9.17, 15) is 9.59 Å². The third kappa shape index (κ3) is 4.00. The molecule has 1 aromatic carbocycles. The number of hydrogen-bond donors (Lipinski definition) is 2. The summed E-state index contributed by atoms with van der Waals surface area (Å²) in [6, 6.07) is 13.9. The number of carbonyl (C=O) groups is 1. The van der Waals surface area contributed by atoms with Crippen LogP contribution in [0.5, 0.6) is 0 Å². The van der Waals surface area contributed by atoms with Crippen molar-refractivity contribution in [2.75, 3.05) is 0 Å². The van der Waals surface area contributed by atoms with Gasteiger partial charge in [-0.05, 0) is 30.3 Å². The molecule has 0 saturated heterocycles. The smallest absolute Gasteiger partial charge is 0.264 e. The normalized spacial score (nSPS) is 10.8. The van der Waals surface area contributed by atoms with Gasteiger partial charge in [0.05, 0.1) is 33.3 Å². The number of carbonyl (C=O) groups excluding carboxylic acids is 1. The zero-order valence-corrected chi connectivity index (χ0v) is 15.9. The van der Waals surface area contributed by atoms with Crippen molar-refractivity contribution in [2.45, 2.75) is 6.54 Å². The number of halogens is 1. The predicted molar refractivity (Wildman–Crippen MR) is 106 cm³/mol. The third-order valence-electron chi connectivity index (χ3n) is 3.87. The number of aromatic amines is 1. The van der Waals surface area contributed by atoms with Gasteiger partial charge in [0.15, 0.2) is 0 Å². The van der Waals surface area contributed by atoms with Crippen molar-refractivity contribution in [3.63, 3.8) is 0 Å². The Labute approximate surface area is 167 Å². The summed E-state index contributed by atoms with van der Waals surface area (Å²) in [5, 5.41) is 17.4. The molecule has 8 nitrogen and oxygen atoms in total. The van der Waals surface area contributed by atoms with E-state index >= 15 is 0 Å². The lowest BCUT2D eigenvalue weighted by atomic mass is 10.1. The van der Waals surface area contributed by atoms with Crippen LogP contribution >= 0.6 is 22.9 Å². The zero-order valence-electron chi connectivity index (χ0n) is 14.3. The van der Waals surface area contributed by atoms with Crippen molar-refractivity contribution < 1.29 is 4.79 Å². The fourth-order valence-electron chi connectivity index (χ4n) is 2.49. The molecule has 10 heteroatoms. The summed E-state index contributed by atoms with van der Waals surface area (Å²) in [5.41, 5.74) is 2.72. The fraction of sp³-hybridized carbons (Fsp3) is 0.0556. The quantitative estimate of drug-likeness (QED) is 0.524. The zero-order chi connectivity index (χ0) is 19.5. The molecule has 140 valence electrons. The Morgan fingerprint density at radius 1 is 1.14 bits per heavy atom.